The number of nitrogens with one attached hydrogen (secondary N) is 2. The van der Waals surface area contributed by atoms with Crippen LogP contribution in [0.2, 0.25) is 0 Å². The van der Waals surface area contributed by atoms with E-state index in [4.69, 9.17) is 14.2 Å². The molecule has 6 heteroatoms. The van der Waals surface area contributed by atoms with Gasteiger partial charge in [0.15, 0.2) is 11.5 Å². The summed E-state index contributed by atoms with van der Waals surface area (Å²) in [7, 11) is 0. The molecule has 0 aliphatic heterocycles. The zero-order valence-electron chi connectivity index (χ0n) is 22.1. The summed E-state index contributed by atoms with van der Waals surface area (Å²) >= 11 is 0. The molecule has 0 bridgehead atoms. The number of aromatic amines is 1. The number of H-pyrrole nitrogens is 1. The molecule has 0 aliphatic rings. The van der Waals surface area contributed by atoms with Crippen LogP contribution in [0.25, 0.3) is 21.8 Å². The minimum Gasteiger partial charge on any atom is -0.490 e. The fourth-order valence-electron chi connectivity index (χ4n) is 4.52. The Morgan fingerprint density at radius 3 is 2.36 bits per heavy atom. The molecule has 36 heavy (non-hydrogen) atoms. The third-order valence-electron chi connectivity index (χ3n) is 6.69. The van der Waals surface area contributed by atoms with E-state index in [1.807, 2.05) is 58.0 Å². The molecule has 4 rings (SSSR count). The summed E-state index contributed by atoms with van der Waals surface area (Å²) in [5.41, 5.74) is 5.65. The molecule has 1 aromatic heterocycles. The highest BCUT2D eigenvalue weighted by atomic mass is 16.5. The first-order chi connectivity index (χ1) is 17.3. The standard InChI is InChI=1S/C30H38N2O4.117H2/c1-7-34-28-13-8-10-18(2)30(28)36-16-21(5)31-22(6)26(33)17-35-27-12-9-11-24-29(27)23-14-19(3)20(4)15-25(23)32-24;;;;;;;;;;;;;;;;;;;;;;;;;;;;;;;;;;;;;;;;;;;;;;;;;;;;;;;;;;;;;;;;;;;;;;;;;;;;;;;;;;;;;;;;;;;;;;;;;;;;;;;;;;;;;;;;;;;;;/h8-15,21-22,26,31-33H,7,16-17H2,1-6H3;117*1H. The molecular weight excluding hydrogens is 452 g/mol. The molecule has 1 heterocycles. The fraction of sp³-hybridized carbons (Fsp3) is 0.400. The van der Waals surface area contributed by atoms with Crippen molar-refractivity contribution in [3.8, 4) is 17.2 Å². The smallest absolute Gasteiger partial charge is 0.164 e. The van der Waals surface area contributed by atoms with Gasteiger partial charge < -0.3 is 29.6 Å². The number of fused-ring (bicyclic) bond motifs is 3. The average Bonchev–Trinajstić information content (AvgIpc) is 3.20. The topological polar surface area (TPSA) is 75.7 Å². The van der Waals surface area contributed by atoms with Gasteiger partial charge in [-0.3, -0.25) is 0 Å². The Balaban J connectivity index is -0.00000000116. The fourth-order valence-corrected chi connectivity index (χ4v) is 4.52. The van der Waals surface area contributed by atoms with E-state index in [2.05, 4.69) is 42.3 Å². The summed E-state index contributed by atoms with van der Waals surface area (Å²) in [5.74, 6) is 2.29. The summed E-state index contributed by atoms with van der Waals surface area (Å²) in [6.07, 6.45) is -0.686. The number of ether oxygens (including phenoxy) is 3. The number of aromatic nitrogens is 1. The van der Waals surface area contributed by atoms with Crippen molar-refractivity contribution in [2.75, 3.05) is 19.8 Å². The SMILES string of the molecule is CCOc1cccc(C)c1OCC(C)NC(C)C(O)COc1cccc2[nH]c3cc(C)c(C)cc3c12.[HH].[HH].[HH].[HH].[HH].[HH].[HH].[HH].[HH].[HH].[HH].[HH].[HH].[HH].[HH].[HH].[HH].[HH].[HH].[HH].[HH].[HH].[HH].[HH].[HH].[HH].[HH].[HH].[HH].[HH].[HH].[HH].[HH].[HH].[HH].[HH].[HH].[HH].[HH].[HH].[HH].[HH].[HH].[HH].[HH].[HH].[HH].[HH].[HH].[HH].[HH].[HH].[HH].[HH].[HH].[HH].[HH].[HH].[HH].[HH].[HH].[HH].[HH].[HH].[HH].[HH].[HH].[HH].[HH].[HH].[HH].[HH].[HH].[HH].[HH].[HH].[HH].[HH].[HH].[HH].[HH].[HH].[HH].[HH].[HH].[HH].[HH].[HH].[HH].[HH].[HH].[HH].[HH].[HH].[HH].[HH].[HH].[HH].[HH].[HH].[HH].[HH].[HH].[HH].[HH].[HH].[HH].[HH].[HH].[HH].[HH].[HH].[HH].[HH].[HH].[HH].[HH]. The van der Waals surface area contributed by atoms with Gasteiger partial charge in [-0.2, -0.15) is 0 Å². The van der Waals surface area contributed by atoms with Crippen molar-refractivity contribution < 1.29 is 186 Å². The zero-order valence-corrected chi connectivity index (χ0v) is 22.1. The van der Waals surface area contributed by atoms with Gasteiger partial charge in [0.2, 0.25) is 0 Å². The minimum atomic E-state index is -0.686. The van der Waals surface area contributed by atoms with Crippen LogP contribution in [0.3, 0.4) is 0 Å². The summed E-state index contributed by atoms with van der Waals surface area (Å²) < 4.78 is 17.9. The molecule has 0 spiro atoms. The van der Waals surface area contributed by atoms with Crippen LogP contribution in [-0.2, 0) is 0 Å². The highest BCUT2D eigenvalue weighted by Gasteiger charge is 2.19. The van der Waals surface area contributed by atoms with Gasteiger partial charge in [0, 0.05) is 195 Å². The first-order valence-electron chi connectivity index (χ1n) is 12.7. The van der Waals surface area contributed by atoms with Gasteiger partial charge in [-0.05, 0) is 88.6 Å². The first-order valence-corrected chi connectivity index (χ1v) is 12.7. The second-order valence-electron chi connectivity index (χ2n) is 9.67. The monoisotopic (exact) mass is 726 g/mol. The van der Waals surface area contributed by atoms with Gasteiger partial charge in [0.1, 0.15) is 25.1 Å². The number of aryl methyl sites for hydroxylation is 3. The van der Waals surface area contributed by atoms with Gasteiger partial charge in [-0.25, -0.2) is 0 Å². The van der Waals surface area contributed by atoms with Crippen LogP contribution in [0.5, 0.6) is 17.2 Å². The molecule has 3 atom stereocenters. The second-order valence-corrected chi connectivity index (χ2v) is 9.67. The van der Waals surface area contributed by atoms with Crippen LogP contribution >= 0.6 is 0 Å². The molecule has 0 saturated carbocycles. The van der Waals surface area contributed by atoms with Crippen molar-refractivity contribution in [1.29, 1.82) is 0 Å². The van der Waals surface area contributed by atoms with Crippen molar-refractivity contribution in [3.63, 3.8) is 0 Å². The van der Waals surface area contributed by atoms with E-state index in [1.54, 1.807) is 0 Å². The van der Waals surface area contributed by atoms with Gasteiger partial charge >= 0.3 is 0 Å². The van der Waals surface area contributed by atoms with Crippen molar-refractivity contribution in [3.05, 3.63) is 65.2 Å². The van der Waals surface area contributed by atoms with Crippen LogP contribution in [0.4, 0.5) is 0 Å². The number of hydrogen-bond donors (Lipinski definition) is 3. The molecule has 3 N–H and O–H groups in total. The Kier molecular flexibility index (Phi) is 8.07. The second kappa shape index (κ2) is 11.2. The van der Waals surface area contributed by atoms with Crippen LogP contribution in [0, 0.1) is 20.8 Å². The van der Waals surface area contributed by atoms with Gasteiger partial charge in [-0.15, -0.1) is 0 Å². The van der Waals surface area contributed by atoms with Gasteiger partial charge in [0.25, 0.3) is 0 Å². The van der Waals surface area contributed by atoms with Crippen molar-refractivity contribution in [2.24, 2.45) is 0 Å². The third kappa shape index (κ3) is 5.61. The lowest BCUT2D eigenvalue weighted by atomic mass is 10.1. The van der Waals surface area contributed by atoms with E-state index in [0.29, 0.717) is 13.2 Å². The molecule has 426 valence electrons. The molecule has 0 radical (unpaired) electrons. The predicted molar refractivity (Wildman–Crippen MR) is 394 cm³/mol. The van der Waals surface area contributed by atoms with Crippen LogP contribution < -0.4 is 19.5 Å². The van der Waals surface area contributed by atoms with Gasteiger partial charge in [0.05, 0.1) is 12.1 Å². The minimum absolute atomic E-state index is 0. The molecule has 0 saturated heterocycles. The summed E-state index contributed by atoms with van der Waals surface area (Å²) in [5, 5.41) is 16.4. The number of para-hydroxylation sites is 1. The largest absolute Gasteiger partial charge is 0.490 e. The molecule has 6 nitrogen and oxygen atoms in total. The lowest BCUT2D eigenvalue weighted by Crippen LogP contribution is -2.46. The molecule has 0 amide bonds. The Morgan fingerprint density at radius 1 is 0.861 bits per heavy atom. The van der Waals surface area contributed by atoms with E-state index in [-0.39, 0.29) is 186 Å². The Bertz CT molecular complexity index is 1450. The van der Waals surface area contributed by atoms with Gasteiger partial charge in [-0.1, -0.05) is 18.2 Å². The molecule has 3 aromatic carbocycles. The normalized spacial score (nSPS) is 14.1. The first kappa shape index (κ1) is 25.9. The highest BCUT2D eigenvalue weighted by Crippen LogP contribution is 2.34. The van der Waals surface area contributed by atoms with Crippen molar-refractivity contribution >= 4 is 21.8 Å². The lowest BCUT2D eigenvalue weighted by molar-refractivity contribution is 0.0728. The maximum Gasteiger partial charge on any atom is 0.164 e. The van der Waals surface area contributed by atoms with Crippen molar-refractivity contribution in [2.45, 2.75) is 59.7 Å². The summed E-state index contributed by atoms with van der Waals surface area (Å²) in [6, 6.07) is 16.1. The average molecular weight is 727 g/mol. The Hall–Kier alpha value is -3.22. The number of aliphatic hydroxyl groups is 1. The summed E-state index contributed by atoms with van der Waals surface area (Å²) in [4.78, 5) is 3.49. The molecular formula is C30H272N2O4. The van der Waals surface area contributed by atoms with E-state index >= 15 is 0 Å². The van der Waals surface area contributed by atoms with Crippen molar-refractivity contribution in [1.82, 2.24) is 10.3 Å². The Morgan fingerprint density at radius 2 is 1.58 bits per heavy atom. The van der Waals surface area contributed by atoms with Crippen LogP contribution in [0.15, 0.2) is 48.5 Å². The Labute approximate surface area is 387 Å². The number of rotatable bonds is 11. The van der Waals surface area contributed by atoms with E-state index in [1.165, 1.54) is 11.1 Å². The lowest BCUT2D eigenvalue weighted by Gasteiger charge is -2.25. The summed E-state index contributed by atoms with van der Waals surface area (Å²) in [6.45, 7) is 13.4. The molecule has 3 unspecified atom stereocenters. The number of aliphatic hydroxyl groups excluding tert-OH is 1. The van der Waals surface area contributed by atoms with E-state index < -0.39 is 6.10 Å². The molecule has 0 fully saturated rings. The maximum atomic E-state index is 10.8. The zero-order chi connectivity index (χ0) is 25.8. The van der Waals surface area contributed by atoms with Crippen LogP contribution in [0.1, 0.15) is 204 Å². The van der Waals surface area contributed by atoms with E-state index in [9.17, 15) is 5.11 Å². The number of hydrogen-bond acceptors (Lipinski definition) is 5. The molecule has 4 aromatic rings. The highest BCUT2D eigenvalue weighted by molar-refractivity contribution is 6.10. The molecule has 0 aliphatic carbocycles. The predicted octanol–water partition coefficient (Wildman–Crippen LogP) is 34.6. The van der Waals surface area contributed by atoms with E-state index in [0.717, 1.165) is 44.6 Å². The quantitative estimate of drug-likeness (QED) is 0.143. The third-order valence-corrected chi connectivity index (χ3v) is 6.69. The number of benzene rings is 3. The van der Waals surface area contributed by atoms with Crippen LogP contribution in [-0.4, -0.2) is 48.1 Å². The maximum absolute atomic E-state index is 10.8.